The molecule has 1 N–H and O–H groups in total. The number of amides is 1. The number of nitrogens with one attached hydrogen (secondary N) is 1. The summed E-state index contributed by atoms with van der Waals surface area (Å²) in [5, 5.41) is 4.32. The van der Waals surface area contributed by atoms with Gasteiger partial charge in [-0.25, -0.2) is 4.79 Å². The van der Waals surface area contributed by atoms with Crippen LogP contribution in [0.4, 0.5) is 0 Å². The first-order valence-electron chi connectivity index (χ1n) is 10.6. The number of rotatable bonds is 3. The van der Waals surface area contributed by atoms with Crippen molar-refractivity contribution in [3.8, 4) is 11.1 Å². The predicted molar refractivity (Wildman–Crippen MR) is 122 cm³/mol. The fraction of sp³-hybridized carbons (Fsp3) is 0.185. The summed E-state index contributed by atoms with van der Waals surface area (Å²) in [5.74, 6) is -0.296. The second-order valence-electron chi connectivity index (χ2n) is 8.12. The van der Waals surface area contributed by atoms with Crippen molar-refractivity contribution in [3.63, 3.8) is 0 Å². The average molecular weight is 409 g/mol. The Morgan fingerprint density at radius 3 is 2.45 bits per heavy atom. The number of hydrogen-bond acceptors (Lipinski definition) is 3. The predicted octanol–water partition coefficient (Wildman–Crippen LogP) is 5.58. The first-order chi connectivity index (χ1) is 15.1. The van der Waals surface area contributed by atoms with E-state index in [1.807, 2.05) is 55.5 Å². The molecule has 1 amide bonds. The third-order valence-electron chi connectivity index (χ3n) is 6.06. The standard InChI is InChI=1S/C27H23NO3/c1-17-13-15-19(16-14-17)24-21-10-4-5-11-22(21)27(30)31-25(24)26(29)28-23-12-6-8-18-7-2-3-9-20(18)23/h2-5,7,9-11,13-16,23H,6,8,12H2,1H3,(H,28,29). The van der Waals surface area contributed by atoms with E-state index in [0.29, 0.717) is 10.9 Å². The highest BCUT2D eigenvalue weighted by Gasteiger charge is 2.26. The van der Waals surface area contributed by atoms with Gasteiger partial charge in [-0.05, 0) is 48.9 Å². The summed E-state index contributed by atoms with van der Waals surface area (Å²) in [6.07, 6.45) is 2.89. The molecule has 1 unspecified atom stereocenters. The van der Waals surface area contributed by atoms with E-state index in [1.54, 1.807) is 12.1 Å². The zero-order valence-corrected chi connectivity index (χ0v) is 17.4. The molecule has 4 nitrogen and oxygen atoms in total. The largest absolute Gasteiger partial charge is 0.416 e. The second kappa shape index (κ2) is 7.88. The summed E-state index contributed by atoms with van der Waals surface area (Å²) < 4.78 is 5.63. The SMILES string of the molecule is Cc1ccc(-c2c(C(=O)NC3CCCc4ccccc43)oc(=O)c3ccccc23)cc1. The lowest BCUT2D eigenvalue weighted by molar-refractivity contribution is 0.0902. The van der Waals surface area contributed by atoms with Crippen molar-refractivity contribution < 1.29 is 9.21 Å². The third-order valence-corrected chi connectivity index (χ3v) is 6.06. The van der Waals surface area contributed by atoms with Gasteiger partial charge in [-0.15, -0.1) is 0 Å². The Labute approximate surface area is 180 Å². The molecular weight excluding hydrogens is 386 g/mol. The van der Waals surface area contributed by atoms with E-state index in [4.69, 9.17) is 4.42 Å². The van der Waals surface area contributed by atoms with Crippen LogP contribution in [0.5, 0.6) is 0 Å². The molecule has 0 saturated heterocycles. The van der Waals surface area contributed by atoms with Crippen molar-refractivity contribution in [2.45, 2.75) is 32.2 Å². The molecule has 1 atom stereocenters. The highest BCUT2D eigenvalue weighted by Crippen LogP contribution is 2.33. The fourth-order valence-electron chi connectivity index (χ4n) is 4.49. The molecule has 0 fully saturated rings. The molecule has 4 aromatic rings. The van der Waals surface area contributed by atoms with E-state index in [9.17, 15) is 9.59 Å². The van der Waals surface area contributed by atoms with Crippen LogP contribution in [-0.2, 0) is 6.42 Å². The summed E-state index contributed by atoms with van der Waals surface area (Å²) in [5.41, 5.74) is 4.52. The summed E-state index contributed by atoms with van der Waals surface area (Å²) in [6.45, 7) is 2.02. The molecule has 31 heavy (non-hydrogen) atoms. The van der Waals surface area contributed by atoms with Gasteiger partial charge >= 0.3 is 5.63 Å². The molecule has 3 aromatic carbocycles. The Balaban J connectivity index is 1.63. The summed E-state index contributed by atoms with van der Waals surface area (Å²) in [6, 6.07) is 23.3. The third kappa shape index (κ3) is 3.55. The molecule has 4 heteroatoms. The number of carbonyl (C=O) groups is 1. The maximum atomic E-state index is 13.4. The molecule has 0 bridgehead atoms. The molecule has 0 aliphatic heterocycles. The van der Waals surface area contributed by atoms with Crippen molar-refractivity contribution in [3.05, 3.63) is 106 Å². The van der Waals surface area contributed by atoms with Crippen LogP contribution in [0.3, 0.4) is 0 Å². The van der Waals surface area contributed by atoms with E-state index < -0.39 is 5.63 Å². The lowest BCUT2D eigenvalue weighted by Gasteiger charge is -2.26. The van der Waals surface area contributed by atoms with Gasteiger partial charge in [-0.1, -0.05) is 72.3 Å². The van der Waals surface area contributed by atoms with Crippen LogP contribution < -0.4 is 10.9 Å². The van der Waals surface area contributed by atoms with Crippen molar-refractivity contribution in [2.24, 2.45) is 0 Å². The van der Waals surface area contributed by atoms with Crippen molar-refractivity contribution >= 4 is 16.7 Å². The minimum absolute atomic E-state index is 0.0654. The molecule has 154 valence electrons. The maximum absolute atomic E-state index is 13.4. The van der Waals surface area contributed by atoms with E-state index in [2.05, 4.69) is 17.4 Å². The van der Waals surface area contributed by atoms with Crippen molar-refractivity contribution in [1.29, 1.82) is 0 Å². The van der Waals surface area contributed by atoms with Gasteiger partial charge in [-0.2, -0.15) is 0 Å². The molecule has 1 heterocycles. The van der Waals surface area contributed by atoms with Gasteiger partial charge in [0.2, 0.25) is 5.76 Å². The van der Waals surface area contributed by atoms with E-state index in [0.717, 1.165) is 41.3 Å². The molecular formula is C27H23NO3. The van der Waals surface area contributed by atoms with E-state index >= 15 is 0 Å². The number of hydrogen-bond donors (Lipinski definition) is 1. The van der Waals surface area contributed by atoms with Gasteiger partial charge in [0.25, 0.3) is 5.91 Å². The Morgan fingerprint density at radius 1 is 0.935 bits per heavy atom. The molecule has 1 aliphatic carbocycles. The van der Waals surface area contributed by atoms with E-state index in [1.165, 1.54) is 5.56 Å². The molecule has 1 aromatic heterocycles. The van der Waals surface area contributed by atoms with Crippen LogP contribution in [0.1, 0.15) is 46.1 Å². The number of benzene rings is 3. The maximum Gasteiger partial charge on any atom is 0.344 e. The minimum Gasteiger partial charge on any atom is -0.416 e. The molecule has 1 aliphatic rings. The zero-order chi connectivity index (χ0) is 21.4. The highest BCUT2D eigenvalue weighted by molar-refractivity contribution is 6.07. The summed E-state index contributed by atoms with van der Waals surface area (Å²) >= 11 is 0. The van der Waals surface area contributed by atoms with Crippen LogP contribution in [0.25, 0.3) is 21.9 Å². The molecule has 0 saturated carbocycles. The topological polar surface area (TPSA) is 59.3 Å². The number of carbonyl (C=O) groups excluding carboxylic acids is 1. The van der Waals surface area contributed by atoms with Crippen LogP contribution >= 0.6 is 0 Å². The fourth-order valence-corrected chi connectivity index (χ4v) is 4.49. The highest BCUT2D eigenvalue weighted by atomic mass is 16.4. The summed E-state index contributed by atoms with van der Waals surface area (Å²) in [7, 11) is 0. The first kappa shape index (κ1) is 19.3. The summed E-state index contributed by atoms with van der Waals surface area (Å²) in [4.78, 5) is 26.1. The van der Waals surface area contributed by atoms with Gasteiger partial charge in [-0.3, -0.25) is 4.79 Å². The Kier molecular flexibility index (Phi) is 4.91. The normalized spacial score (nSPS) is 15.5. The monoisotopic (exact) mass is 409 g/mol. The van der Waals surface area contributed by atoms with Crippen LogP contribution in [0.2, 0.25) is 0 Å². The van der Waals surface area contributed by atoms with Gasteiger partial charge in [0, 0.05) is 10.9 Å². The Hall–Kier alpha value is -3.66. The van der Waals surface area contributed by atoms with Crippen LogP contribution in [-0.4, -0.2) is 5.91 Å². The van der Waals surface area contributed by atoms with Gasteiger partial charge in [0.15, 0.2) is 0 Å². The minimum atomic E-state index is -0.499. The van der Waals surface area contributed by atoms with Gasteiger partial charge < -0.3 is 9.73 Å². The quantitative estimate of drug-likeness (QED) is 0.481. The van der Waals surface area contributed by atoms with E-state index in [-0.39, 0.29) is 17.7 Å². The van der Waals surface area contributed by atoms with Gasteiger partial charge in [0.05, 0.1) is 11.4 Å². The number of aryl methyl sites for hydroxylation is 2. The number of fused-ring (bicyclic) bond motifs is 2. The lowest BCUT2D eigenvalue weighted by Crippen LogP contribution is -2.32. The van der Waals surface area contributed by atoms with Crippen LogP contribution in [0.15, 0.2) is 82.0 Å². The van der Waals surface area contributed by atoms with Crippen molar-refractivity contribution in [2.75, 3.05) is 0 Å². The van der Waals surface area contributed by atoms with Gasteiger partial charge in [0.1, 0.15) is 0 Å². The second-order valence-corrected chi connectivity index (χ2v) is 8.12. The molecule has 5 rings (SSSR count). The first-order valence-corrected chi connectivity index (χ1v) is 10.6. The Bertz CT molecular complexity index is 1330. The van der Waals surface area contributed by atoms with Crippen LogP contribution in [0, 0.1) is 6.92 Å². The zero-order valence-electron chi connectivity index (χ0n) is 17.4. The smallest absolute Gasteiger partial charge is 0.344 e. The average Bonchev–Trinajstić information content (AvgIpc) is 2.80. The van der Waals surface area contributed by atoms with Crippen molar-refractivity contribution in [1.82, 2.24) is 5.32 Å². The lowest BCUT2D eigenvalue weighted by atomic mass is 9.87. The Morgan fingerprint density at radius 2 is 1.65 bits per heavy atom. The molecule has 0 radical (unpaired) electrons. The molecule has 0 spiro atoms.